The van der Waals surface area contributed by atoms with E-state index >= 15 is 0 Å². The fourth-order valence-electron chi connectivity index (χ4n) is 1.51. The molecule has 1 heterocycles. The predicted octanol–water partition coefficient (Wildman–Crippen LogP) is 3.30. The molecule has 1 aromatic carbocycles. The molecule has 19 heavy (non-hydrogen) atoms. The standard InChI is InChI=1S/C13H12F3N3/c14-13(15,16)10-3-6-12(18-8-10)19-11-4-1-9(7-17)2-5-11/h1-6,8H,7,17H2,(H,18,19). The summed E-state index contributed by atoms with van der Waals surface area (Å²) in [6.07, 6.45) is -3.56. The van der Waals surface area contributed by atoms with E-state index in [0.29, 0.717) is 12.4 Å². The van der Waals surface area contributed by atoms with Crippen molar-refractivity contribution in [3.8, 4) is 0 Å². The Morgan fingerprint density at radius 1 is 1.05 bits per heavy atom. The highest BCUT2D eigenvalue weighted by molar-refractivity contribution is 5.56. The monoisotopic (exact) mass is 267 g/mol. The normalized spacial score (nSPS) is 11.4. The second-order valence-electron chi connectivity index (χ2n) is 3.96. The molecule has 3 nitrogen and oxygen atoms in total. The van der Waals surface area contributed by atoms with Crippen LogP contribution in [0.1, 0.15) is 11.1 Å². The van der Waals surface area contributed by atoms with Crippen LogP contribution in [0.4, 0.5) is 24.7 Å². The molecule has 3 N–H and O–H groups in total. The lowest BCUT2D eigenvalue weighted by Crippen LogP contribution is -2.05. The van der Waals surface area contributed by atoms with Crippen LogP contribution in [0.2, 0.25) is 0 Å². The number of hydrogen-bond acceptors (Lipinski definition) is 3. The van der Waals surface area contributed by atoms with Crippen LogP contribution in [0.25, 0.3) is 0 Å². The summed E-state index contributed by atoms with van der Waals surface area (Å²) in [5.41, 5.74) is 6.42. The number of halogens is 3. The van der Waals surface area contributed by atoms with Crippen molar-refractivity contribution in [2.75, 3.05) is 5.32 Å². The summed E-state index contributed by atoms with van der Waals surface area (Å²) in [4.78, 5) is 3.73. The van der Waals surface area contributed by atoms with Gasteiger partial charge in [-0.2, -0.15) is 13.2 Å². The summed E-state index contributed by atoms with van der Waals surface area (Å²) in [5.74, 6) is 0.355. The molecule has 0 saturated heterocycles. The Hall–Kier alpha value is -2.08. The SMILES string of the molecule is NCc1ccc(Nc2ccc(C(F)(F)F)cn2)cc1. The van der Waals surface area contributed by atoms with Crippen molar-refractivity contribution >= 4 is 11.5 Å². The van der Waals surface area contributed by atoms with Gasteiger partial charge in [-0.05, 0) is 29.8 Å². The summed E-state index contributed by atoms with van der Waals surface area (Å²) in [6, 6.07) is 9.55. The summed E-state index contributed by atoms with van der Waals surface area (Å²) < 4.78 is 37.1. The van der Waals surface area contributed by atoms with Crippen molar-refractivity contribution in [2.24, 2.45) is 5.73 Å². The number of nitrogens with zero attached hydrogens (tertiary/aromatic N) is 1. The van der Waals surface area contributed by atoms with Crippen molar-refractivity contribution in [1.82, 2.24) is 4.98 Å². The Bertz CT molecular complexity index is 533. The summed E-state index contributed by atoms with van der Waals surface area (Å²) in [7, 11) is 0. The predicted molar refractivity (Wildman–Crippen MR) is 66.9 cm³/mol. The fourth-order valence-corrected chi connectivity index (χ4v) is 1.51. The number of hydrogen-bond donors (Lipinski definition) is 2. The molecule has 0 aliphatic rings. The van der Waals surface area contributed by atoms with E-state index in [0.717, 1.165) is 23.5 Å². The zero-order valence-electron chi connectivity index (χ0n) is 9.91. The Kier molecular flexibility index (Phi) is 3.71. The van der Waals surface area contributed by atoms with E-state index < -0.39 is 11.7 Å². The molecule has 0 spiro atoms. The molecule has 0 saturated carbocycles. The lowest BCUT2D eigenvalue weighted by atomic mass is 10.2. The Labute approximate surface area is 108 Å². The van der Waals surface area contributed by atoms with E-state index in [2.05, 4.69) is 10.3 Å². The maximum atomic E-state index is 12.4. The van der Waals surface area contributed by atoms with Gasteiger partial charge in [0, 0.05) is 18.4 Å². The second-order valence-corrected chi connectivity index (χ2v) is 3.96. The molecule has 0 bridgehead atoms. The van der Waals surface area contributed by atoms with Gasteiger partial charge in [0.1, 0.15) is 5.82 Å². The first-order valence-electron chi connectivity index (χ1n) is 5.58. The molecule has 0 unspecified atom stereocenters. The summed E-state index contributed by atoms with van der Waals surface area (Å²) in [6.45, 7) is 0.443. The van der Waals surface area contributed by atoms with Gasteiger partial charge in [0.25, 0.3) is 0 Å². The first-order valence-corrected chi connectivity index (χ1v) is 5.58. The minimum absolute atomic E-state index is 0.355. The van der Waals surface area contributed by atoms with E-state index in [1.165, 1.54) is 6.07 Å². The van der Waals surface area contributed by atoms with Gasteiger partial charge in [-0.25, -0.2) is 4.98 Å². The average Bonchev–Trinajstić information content (AvgIpc) is 2.39. The van der Waals surface area contributed by atoms with E-state index in [1.807, 2.05) is 12.1 Å². The average molecular weight is 267 g/mol. The number of anilines is 2. The molecule has 0 aliphatic carbocycles. The van der Waals surface area contributed by atoms with Gasteiger partial charge in [0.15, 0.2) is 0 Å². The summed E-state index contributed by atoms with van der Waals surface area (Å²) >= 11 is 0. The molecule has 0 aliphatic heterocycles. The van der Waals surface area contributed by atoms with Crippen LogP contribution in [-0.2, 0) is 12.7 Å². The molecule has 2 aromatic rings. The van der Waals surface area contributed by atoms with Crippen molar-refractivity contribution in [1.29, 1.82) is 0 Å². The third-order valence-electron chi connectivity index (χ3n) is 2.55. The molecular weight excluding hydrogens is 255 g/mol. The van der Waals surface area contributed by atoms with Crippen molar-refractivity contribution in [3.63, 3.8) is 0 Å². The third kappa shape index (κ3) is 3.45. The van der Waals surface area contributed by atoms with Gasteiger partial charge < -0.3 is 11.1 Å². The Balaban J connectivity index is 2.10. The molecule has 1 aromatic heterocycles. The fraction of sp³-hybridized carbons (Fsp3) is 0.154. The first-order chi connectivity index (χ1) is 8.99. The zero-order valence-corrected chi connectivity index (χ0v) is 9.91. The van der Waals surface area contributed by atoms with Gasteiger partial charge in [-0.1, -0.05) is 12.1 Å². The first kappa shape index (κ1) is 13.4. The highest BCUT2D eigenvalue weighted by atomic mass is 19.4. The minimum atomic E-state index is -4.37. The number of nitrogens with one attached hydrogen (secondary N) is 1. The highest BCUT2D eigenvalue weighted by Crippen LogP contribution is 2.29. The summed E-state index contributed by atoms with van der Waals surface area (Å²) in [5, 5.41) is 2.91. The molecule has 6 heteroatoms. The molecular formula is C13H12F3N3. The Morgan fingerprint density at radius 2 is 1.74 bits per heavy atom. The van der Waals surface area contributed by atoms with Crippen molar-refractivity contribution in [2.45, 2.75) is 12.7 Å². The molecule has 100 valence electrons. The number of aromatic nitrogens is 1. The van der Waals surface area contributed by atoms with Crippen molar-refractivity contribution in [3.05, 3.63) is 53.7 Å². The van der Waals surface area contributed by atoms with Crippen molar-refractivity contribution < 1.29 is 13.2 Å². The van der Waals surface area contributed by atoms with E-state index in [9.17, 15) is 13.2 Å². The number of rotatable bonds is 3. The van der Waals surface area contributed by atoms with E-state index in [4.69, 9.17) is 5.73 Å². The van der Waals surface area contributed by atoms with E-state index in [-0.39, 0.29) is 0 Å². The molecule has 0 atom stereocenters. The van der Waals surface area contributed by atoms with Crippen LogP contribution in [-0.4, -0.2) is 4.98 Å². The number of alkyl halides is 3. The lowest BCUT2D eigenvalue weighted by molar-refractivity contribution is -0.137. The molecule has 0 amide bonds. The van der Waals surface area contributed by atoms with Crippen LogP contribution in [0.3, 0.4) is 0 Å². The quantitative estimate of drug-likeness (QED) is 0.897. The Morgan fingerprint density at radius 3 is 2.21 bits per heavy atom. The third-order valence-corrected chi connectivity index (χ3v) is 2.55. The van der Waals surface area contributed by atoms with Crippen LogP contribution in [0, 0.1) is 0 Å². The molecule has 2 rings (SSSR count). The topological polar surface area (TPSA) is 50.9 Å². The van der Waals surface area contributed by atoms with Gasteiger partial charge in [-0.3, -0.25) is 0 Å². The lowest BCUT2D eigenvalue weighted by Gasteiger charge is -2.09. The van der Waals surface area contributed by atoms with Crippen LogP contribution < -0.4 is 11.1 Å². The second kappa shape index (κ2) is 5.27. The van der Waals surface area contributed by atoms with Crippen LogP contribution >= 0.6 is 0 Å². The van der Waals surface area contributed by atoms with Crippen LogP contribution in [0.5, 0.6) is 0 Å². The smallest absolute Gasteiger partial charge is 0.340 e. The maximum Gasteiger partial charge on any atom is 0.417 e. The van der Waals surface area contributed by atoms with Crippen LogP contribution in [0.15, 0.2) is 42.6 Å². The molecule has 0 radical (unpaired) electrons. The maximum absolute atomic E-state index is 12.4. The number of pyridine rings is 1. The van der Waals surface area contributed by atoms with Gasteiger partial charge in [-0.15, -0.1) is 0 Å². The number of nitrogens with two attached hydrogens (primary N) is 1. The van der Waals surface area contributed by atoms with Gasteiger partial charge in [0.2, 0.25) is 0 Å². The van der Waals surface area contributed by atoms with Gasteiger partial charge >= 0.3 is 6.18 Å². The highest BCUT2D eigenvalue weighted by Gasteiger charge is 2.30. The van der Waals surface area contributed by atoms with Gasteiger partial charge in [0.05, 0.1) is 5.56 Å². The molecule has 0 fully saturated rings. The van der Waals surface area contributed by atoms with E-state index in [1.54, 1.807) is 12.1 Å². The minimum Gasteiger partial charge on any atom is -0.340 e. The number of benzene rings is 1. The largest absolute Gasteiger partial charge is 0.417 e. The zero-order chi connectivity index (χ0) is 13.9.